The molecule has 0 aliphatic heterocycles. The molecule has 88 valence electrons. The summed E-state index contributed by atoms with van der Waals surface area (Å²) in [6.07, 6.45) is 8.63. The van der Waals surface area contributed by atoms with Crippen LogP contribution in [-0.2, 0) is 0 Å². The van der Waals surface area contributed by atoms with Gasteiger partial charge in [-0.1, -0.05) is 20.3 Å². The summed E-state index contributed by atoms with van der Waals surface area (Å²) in [4.78, 5) is 4.10. The van der Waals surface area contributed by atoms with E-state index in [2.05, 4.69) is 24.1 Å². The second-order valence-corrected chi connectivity index (χ2v) is 5.61. The van der Waals surface area contributed by atoms with Crippen molar-refractivity contribution in [1.29, 1.82) is 0 Å². The Morgan fingerprint density at radius 2 is 2.25 bits per heavy atom. The number of nitrogens with zero attached hydrogens (tertiary/aromatic N) is 1. The number of pyridine rings is 1. The second-order valence-electron chi connectivity index (χ2n) is 5.61. The van der Waals surface area contributed by atoms with Gasteiger partial charge in [0.05, 0.1) is 17.6 Å². The molecule has 1 aliphatic rings. The molecule has 0 saturated heterocycles. The Bertz CT molecular complexity index is 360. The maximum atomic E-state index is 5.71. The Morgan fingerprint density at radius 1 is 1.44 bits per heavy atom. The van der Waals surface area contributed by atoms with Gasteiger partial charge in [0.25, 0.3) is 0 Å². The first kappa shape index (κ1) is 11.2. The molecule has 0 amide bonds. The fraction of sp³-hybridized carbons (Fsp3) is 0.615. The maximum Gasteiger partial charge on any atom is 0.0549 e. The largest absolute Gasteiger partial charge is 0.397 e. The van der Waals surface area contributed by atoms with Crippen LogP contribution in [0.4, 0.5) is 11.4 Å². The fourth-order valence-corrected chi connectivity index (χ4v) is 2.59. The van der Waals surface area contributed by atoms with E-state index in [4.69, 9.17) is 5.73 Å². The average Bonchev–Trinajstić information content (AvgIpc) is 2.15. The molecule has 1 aromatic rings. The molecule has 1 heterocycles. The number of nitrogen functional groups attached to an aromatic ring is 1. The van der Waals surface area contributed by atoms with Crippen LogP contribution in [0.1, 0.15) is 39.5 Å². The first-order valence-electron chi connectivity index (χ1n) is 6.02. The minimum Gasteiger partial charge on any atom is -0.397 e. The summed E-state index contributed by atoms with van der Waals surface area (Å²) in [7, 11) is 0. The molecule has 1 fully saturated rings. The van der Waals surface area contributed by atoms with E-state index in [1.54, 1.807) is 6.20 Å². The summed E-state index contributed by atoms with van der Waals surface area (Å²) >= 11 is 0. The Kier molecular flexibility index (Phi) is 3.03. The summed E-state index contributed by atoms with van der Waals surface area (Å²) in [6.45, 7) is 4.69. The van der Waals surface area contributed by atoms with Crippen molar-refractivity contribution in [1.82, 2.24) is 4.98 Å². The molecule has 1 aliphatic carbocycles. The molecular weight excluding hydrogens is 198 g/mol. The molecule has 1 saturated carbocycles. The van der Waals surface area contributed by atoms with Gasteiger partial charge in [0, 0.05) is 12.2 Å². The van der Waals surface area contributed by atoms with Crippen molar-refractivity contribution in [3.63, 3.8) is 0 Å². The van der Waals surface area contributed by atoms with E-state index in [9.17, 15) is 0 Å². The smallest absolute Gasteiger partial charge is 0.0549 e. The standard InChI is InChI=1S/C13H21N3/c1-13(2)5-3-4-11(7-13)16-12-6-10(14)8-15-9-12/h6,8-9,11,16H,3-5,7,14H2,1-2H3. The van der Waals surface area contributed by atoms with Gasteiger partial charge in [0.15, 0.2) is 0 Å². The van der Waals surface area contributed by atoms with Crippen molar-refractivity contribution in [3.05, 3.63) is 18.5 Å². The van der Waals surface area contributed by atoms with Gasteiger partial charge in [-0.3, -0.25) is 4.98 Å². The maximum absolute atomic E-state index is 5.71. The lowest BCUT2D eigenvalue weighted by Crippen LogP contribution is -2.31. The quantitative estimate of drug-likeness (QED) is 0.803. The molecule has 0 spiro atoms. The van der Waals surface area contributed by atoms with Crippen LogP contribution >= 0.6 is 0 Å². The zero-order chi connectivity index (χ0) is 11.6. The van der Waals surface area contributed by atoms with E-state index in [-0.39, 0.29) is 0 Å². The van der Waals surface area contributed by atoms with Gasteiger partial charge >= 0.3 is 0 Å². The van der Waals surface area contributed by atoms with Crippen LogP contribution in [0.25, 0.3) is 0 Å². The molecule has 0 radical (unpaired) electrons. The topological polar surface area (TPSA) is 50.9 Å². The highest BCUT2D eigenvalue weighted by Gasteiger charge is 2.27. The molecule has 0 aromatic carbocycles. The number of nitrogens with one attached hydrogen (secondary N) is 1. The minimum absolute atomic E-state index is 0.462. The van der Waals surface area contributed by atoms with E-state index in [1.807, 2.05) is 12.3 Å². The molecule has 1 unspecified atom stereocenters. The predicted molar refractivity (Wildman–Crippen MR) is 68.3 cm³/mol. The average molecular weight is 219 g/mol. The number of aromatic nitrogens is 1. The normalized spacial score (nSPS) is 24.0. The summed E-state index contributed by atoms with van der Waals surface area (Å²) in [5.74, 6) is 0. The van der Waals surface area contributed by atoms with Crippen molar-refractivity contribution in [2.45, 2.75) is 45.6 Å². The van der Waals surface area contributed by atoms with Crippen LogP contribution in [0, 0.1) is 5.41 Å². The monoisotopic (exact) mass is 219 g/mol. The number of hydrogen-bond acceptors (Lipinski definition) is 3. The van der Waals surface area contributed by atoms with E-state index >= 15 is 0 Å². The molecule has 3 nitrogen and oxygen atoms in total. The molecule has 16 heavy (non-hydrogen) atoms. The summed E-state index contributed by atoms with van der Waals surface area (Å²) < 4.78 is 0. The van der Waals surface area contributed by atoms with Gasteiger partial charge in [0.2, 0.25) is 0 Å². The predicted octanol–water partition coefficient (Wildman–Crippen LogP) is 3.04. The number of nitrogens with two attached hydrogens (primary N) is 1. The molecule has 1 aromatic heterocycles. The lowest BCUT2D eigenvalue weighted by molar-refractivity contribution is 0.229. The van der Waals surface area contributed by atoms with Crippen LogP contribution in [0.15, 0.2) is 18.5 Å². The van der Waals surface area contributed by atoms with Crippen molar-refractivity contribution in [3.8, 4) is 0 Å². The zero-order valence-corrected chi connectivity index (χ0v) is 10.2. The van der Waals surface area contributed by atoms with Crippen LogP contribution < -0.4 is 11.1 Å². The summed E-state index contributed by atoms with van der Waals surface area (Å²) in [5, 5.41) is 3.53. The molecule has 2 rings (SSSR count). The molecular formula is C13H21N3. The van der Waals surface area contributed by atoms with E-state index in [1.165, 1.54) is 25.7 Å². The zero-order valence-electron chi connectivity index (χ0n) is 10.2. The minimum atomic E-state index is 0.462. The van der Waals surface area contributed by atoms with Gasteiger partial charge in [-0.25, -0.2) is 0 Å². The third-order valence-electron chi connectivity index (χ3n) is 3.34. The Labute approximate surface area is 97.5 Å². The first-order chi connectivity index (χ1) is 7.55. The van der Waals surface area contributed by atoms with E-state index < -0.39 is 0 Å². The Hall–Kier alpha value is -1.25. The van der Waals surface area contributed by atoms with Crippen molar-refractivity contribution >= 4 is 11.4 Å². The van der Waals surface area contributed by atoms with Crippen LogP contribution in [0.2, 0.25) is 0 Å². The first-order valence-corrected chi connectivity index (χ1v) is 6.02. The number of hydrogen-bond donors (Lipinski definition) is 2. The fourth-order valence-electron chi connectivity index (χ4n) is 2.59. The van der Waals surface area contributed by atoms with Crippen molar-refractivity contribution < 1.29 is 0 Å². The third kappa shape index (κ3) is 2.87. The third-order valence-corrected chi connectivity index (χ3v) is 3.34. The van der Waals surface area contributed by atoms with Gasteiger partial charge < -0.3 is 11.1 Å². The molecule has 3 N–H and O–H groups in total. The van der Waals surface area contributed by atoms with Gasteiger partial charge in [-0.15, -0.1) is 0 Å². The highest BCUT2D eigenvalue weighted by Crippen LogP contribution is 2.36. The van der Waals surface area contributed by atoms with Gasteiger partial charge in [0.1, 0.15) is 0 Å². The highest BCUT2D eigenvalue weighted by molar-refractivity contribution is 5.51. The number of anilines is 2. The van der Waals surface area contributed by atoms with Gasteiger partial charge in [-0.2, -0.15) is 0 Å². The van der Waals surface area contributed by atoms with Crippen LogP contribution in [-0.4, -0.2) is 11.0 Å². The second kappa shape index (κ2) is 4.32. The molecule has 0 bridgehead atoms. The van der Waals surface area contributed by atoms with Crippen LogP contribution in [0.5, 0.6) is 0 Å². The molecule has 3 heteroatoms. The summed E-state index contributed by atoms with van der Waals surface area (Å²) in [6, 6.07) is 2.52. The van der Waals surface area contributed by atoms with E-state index in [0.717, 1.165) is 11.4 Å². The Balaban J connectivity index is 1.99. The molecule has 1 atom stereocenters. The number of rotatable bonds is 2. The highest BCUT2D eigenvalue weighted by atomic mass is 14.9. The summed E-state index contributed by atoms with van der Waals surface area (Å²) in [5.41, 5.74) is 7.94. The van der Waals surface area contributed by atoms with Crippen molar-refractivity contribution in [2.24, 2.45) is 5.41 Å². The SMILES string of the molecule is CC1(C)CCCC(Nc2cncc(N)c2)C1. The van der Waals surface area contributed by atoms with Crippen LogP contribution in [0.3, 0.4) is 0 Å². The van der Waals surface area contributed by atoms with E-state index in [0.29, 0.717) is 11.5 Å². The van der Waals surface area contributed by atoms with Crippen molar-refractivity contribution in [2.75, 3.05) is 11.1 Å². The Morgan fingerprint density at radius 3 is 2.94 bits per heavy atom. The lowest BCUT2D eigenvalue weighted by Gasteiger charge is -2.36. The van der Waals surface area contributed by atoms with Gasteiger partial charge in [-0.05, 0) is 30.7 Å². The lowest BCUT2D eigenvalue weighted by atomic mass is 9.75.